The number of rotatable bonds is 3. The second-order valence-corrected chi connectivity index (χ2v) is 5.79. The van der Waals surface area contributed by atoms with Crippen LogP contribution in [0.15, 0.2) is 0 Å². The molecule has 0 bridgehead atoms. The van der Waals surface area contributed by atoms with Crippen molar-refractivity contribution in [1.29, 1.82) is 0 Å². The Morgan fingerprint density at radius 3 is 2.19 bits per heavy atom. The summed E-state index contributed by atoms with van der Waals surface area (Å²) in [5.41, 5.74) is -0.810. The van der Waals surface area contributed by atoms with Gasteiger partial charge in [0.25, 0.3) is 0 Å². The minimum atomic E-state index is -1.02. The van der Waals surface area contributed by atoms with Crippen LogP contribution in [0, 0.1) is 11.3 Å². The minimum absolute atomic E-state index is 0.214. The average Bonchev–Trinajstić information content (AvgIpc) is 2.17. The van der Waals surface area contributed by atoms with Gasteiger partial charge in [0.15, 0.2) is 0 Å². The Balaban J connectivity index is 2.70. The molecule has 1 aliphatic rings. The zero-order valence-electron chi connectivity index (χ0n) is 10.2. The molecule has 4 nitrogen and oxygen atoms in total. The Hall–Kier alpha value is -1.06. The first-order valence-electron chi connectivity index (χ1n) is 5.76. The number of aliphatic carboxylic acids is 1. The van der Waals surface area contributed by atoms with E-state index in [1.54, 1.807) is 0 Å². The quantitative estimate of drug-likeness (QED) is 0.722. The van der Waals surface area contributed by atoms with E-state index >= 15 is 0 Å². The molecule has 0 radical (unpaired) electrons. The lowest BCUT2D eigenvalue weighted by atomic mass is 9.67. The monoisotopic (exact) mass is 227 g/mol. The van der Waals surface area contributed by atoms with Crippen molar-refractivity contribution in [2.75, 3.05) is 0 Å². The third kappa shape index (κ3) is 2.54. The van der Waals surface area contributed by atoms with Crippen LogP contribution in [-0.4, -0.2) is 23.0 Å². The summed E-state index contributed by atoms with van der Waals surface area (Å²) in [5.74, 6) is -0.375. The van der Waals surface area contributed by atoms with Gasteiger partial charge in [0.2, 0.25) is 6.41 Å². The van der Waals surface area contributed by atoms with Gasteiger partial charge in [-0.1, -0.05) is 20.8 Å². The number of carboxylic acid groups (broad SMARTS) is 1. The van der Waals surface area contributed by atoms with E-state index in [2.05, 4.69) is 26.1 Å². The molecule has 4 heteroatoms. The van der Waals surface area contributed by atoms with Crippen molar-refractivity contribution < 1.29 is 14.7 Å². The predicted molar refractivity (Wildman–Crippen MR) is 61.0 cm³/mol. The zero-order chi connectivity index (χ0) is 12.4. The summed E-state index contributed by atoms with van der Waals surface area (Å²) in [6.07, 6.45) is 3.28. The molecule has 0 unspecified atom stereocenters. The normalized spacial score (nSPS) is 30.8. The van der Waals surface area contributed by atoms with Gasteiger partial charge in [0, 0.05) is 0 Å². The molecule has 0 aromatic heterocycles. The van der Waals surface area contributed by atoms with E-state index in [-0.39, 0.29) is 5.41 Å². The maximum atomic E-state index is 11.2. The van der Waals surface area contributed by atoms with Crippen LogP contribution in [0.3, 0.4) is 0 Å². The molecule has 2 N–H and O–H groups in total. The highest BCUT2D eigenvalue weighted by molar-refractivity contribution is 5.81. The van der Waals surface area contributed by atoms with Crippen molar-refractivity contribution >= 4 is 12.4 Å². The van der Waals surface area contributed by atoms with Crippen molar-refractivity contribution in [3.8, 4) is 0 Å². The molecule has 1 saturated carbocycles. The Bertz CT molecular complexity index is 272. The largest absolute Gasteiger partial charge is 0.480 e. The molecule has 1 aliphatic carbocycles. The molecule has 92 valence electrons. The number of amides is 1. The molecule has 0 saturated heterocycles. The number of nitrogens with one attached hydrogen (secondary N) is 1. The van der Waals surface area contributed by atoms with Crippen LogP contribution in [0.5, 0.6) is 0 Å². The summed E-state index contributed by atoms with van der Waals surface area (Å²) < 4.78 is 0. The first-order valence-corrected chi connectivity index (χ1v) is 5.76. The summed E-state index contributed by atoms with van der Waals surface area (Å²) in [6.45, 7) is 6.54. The van der Waals surface area contributed by atoms with Gasteiger partial charge < -0.3 is 10.4 Å². The van der Waals surface area contributed by atoms with E-state index in [9.17, 15) is 14.7 Å². The van der Waals surface area contributed by atoms with Crippen LogP contribution in [0.2, 0.25) is 0 Å². The fourth-order valence-electron chi connectivity index (χ4n) is 2.51. The van der Waals surface area contributed by atoms with Crippen LogP contribution >= 0.6 is 0 Å². The van der Waals surface area contributed by atoms with E-state index in [0.29, 0.717) is 25.2 Å². The Kier molecular flexibility index (Phi) is 3.61. The first-order chi connectivity index (χ1) is 7.32. The SMILES string of the molecule is CC(C)(C)C1CCC(NC=O)(C(=O)O)CC1. The Morgan fingerprint density at radius 1 is 1.38 bits per heavy atom. The molecule has 0 spiro atoms. The van der Waals surface area contributed by atoms with Gasteiger partial charge in [-0.05, 0) is 37.0 Å². The van der Waals surface area contributed by atoms with E-state index in [0.717, 1.165) is 12.8 Å². The van der Waals surface area contributed by atoms with Gasteiger partial charge in [-0.15, -0.1) is 0 Å². The lowest BCUT2D eigenvalue weighted by Crippen LogP contribution is -2.54. The average molecular weight is 227 g/mol. The van der Waals surface area contributed by atoms with Crippen molar-refractivity contribution in [3.63, 3.8) is 0 Å². The first kappa shape index (κ1) is 13.0. The van der Waals surface area contributed by atoms with Gasteiger partial charge in [0.05, 0.1) is 0 Å². The highest BCUT2D eigenvalue weighted by atomic mass is 16.4. The second kappa shape index (κ2) is 4.44. The van der Waals surface area contributed by atoms with Gasteiger partial charge in [-0.25, -0.2) is 4.79 Å². The molecule has 1 amide bonds. The molecule has 0 aromatic carbocycles. The lowest BCUT2D eigenvalue weighted by molar-refractivity contribution is -0.148. The molecule has 1 fully saturated rings. The van der Waals surface area contributed by atoms with Crippen molar-refractivity contribution in [1.82, 2.24) is 5.32 Å². The van der Waals surface area contributed by atoms with Crippen LogP contribution in [0.25, 0.3) is 0 Å². The molecule has 0 aromatic rings. The maximum Gasteiger partial charge on any atom is 0.329 e. The third-order valence-corrected chi connectivity index (χ3v) is 3.81. The minimum Gasteiger partial charge on any atom is -0.480 e. The van der Waals surface area contributed by atoms with Crippen LogP contribution in [0.4, 0.5) is 0 Å². The molecule has 0 aliphatic heterocycles. The number of hydrogen-bond donors (Lipinski definition) is 2. The second-order valence-electron chi connectivity index (χ2n) is 5.79. The van der Waals surface area contributed by atoms with Gasteiger partial charge >= 0.3 is 5.97 Å². The van der Waals surface area contributed by atoms with Crippen LogP contribution in [-0.2, 0) is 9.59 Å². The Labute approximate surface area is 96.4 Å². The lowest BCUT2D eigenvalue weighted by Gasteiger charge is -2.41. The number of hydrogen-bond acceptors (Lipinski definition) is 2. The van der Waals surface area contributed by atoms with Crippen LogP contribution in [0.1, 0.15) is 46.5 Å². The summed E-state index contributed by atoms with van der Waals surface area (Å²) in [5, 5.41) is 11.7. The fourth-order valence-corrected chi connectivity index (χ4v) is 2.51. The summed E-state index contributed by atoms with van der Waals surface area (Å²) in [7, 11) is 0. The molecule has 0 heterocycles. The standard InChI is InChI=1S/C12H21NO3/c1-11(2,3)9-4-6-12(7-5-9,10(15)16)13-8-14/h8-9H,4-7H2,1-3H3,(H,13,14)(H,15,16). The molecule has 16 heavy (non-hydrogen) atoms. The summed E-state index contributed by atoms with van der Waals surface area (Å²) >= 11 is 0. The van der Waals surface area contributed by atoms with Gasteiger partial charge in [-0.2, -0.15) is 0 Å². The number of carbonyl (C=O) groups is 2. The predicted octanol–water partition coefficient (Wildman–Crippen LogP) is 1.79. The van der Waals surface area contributed by atoms with E-state index in [4.69, 9.17) is 0 Å². The summed E-state index contributed by atoms with van der Waals surface area (Å²) in [6, 6.07) is 0. The highest BCUT2D eigenvalue weighted by Crippen LogP contribution is 2.41. The Morgan fingerprint density at radius 2 is 1.88 bits per heavy atom. The van der Waals surface area contributed by atoms with Gasteiger partial charge in [0.1, 0.15) is 5.54 Å². The van der Waals surface area contributed by atoms with Crippen LogP contribution < -0.4 is 5.32 Å². The van der Waals surface area contributed by atoms with Crippen molar-refractivity contribution in [2.45, 2.75) is 52.0 Å². The van der Waals surface area contributed by atoms with Crippen molar-refractivity contribution in [3.05, 3.63) is 0 Å². The molecular weight excluding hydrogens is 206 g/mol. The maximum absolute atomic E-state index is 11.2. The van der Waals surface area contributed by atoms with E-state index in [1.807, 2.05) is 0 Å². The van der Waals surface area contributed by atoms with Gasteiger partial charge in [-0.3, -0.25) is 4.79 Å². The number of carboxylic acids is 1. The fraction of sp³-hybridized carbons (Fsp3) is 0.833. The molecule has 0 atom stereocenters. The number of carbonyl (C=O) groups excluding carboxylic acids is 1. The zero-order valence-corrected chi connectivity index (χ0v) is 10.2. The molecular formula is C12H21NO3. The molecule has 1 rings (SSSR count). The third-order valence-electron chi connectivity index (χ3n) is 3.81. The van der Waals surface area contributed by atoms with E-state index in [1.165, 1.54) is 0 Å². The highest BCUT2D eigenvalue weighted by Gasteiger charge is 2.43. The summed E-state index contributed by atoms with van der Waals surface area (Å²) in [4.78, 5) is 21.7. The topological polar surface area (TPSA) is 66.4 Å². The van der Waals surface area contributed by atoms with E-state index < -0.39 is 11.5 Å². The smallest absolute Gasteiger partial charge is 0.329 e. The van der Waals surface area contributed by atoms with Crippen molar-refractivity contribution in [2.24, 2.45) is 11.3 Å².